The lowest BCUT2D eigenvalue weighted by molar-refractivity contribution is 0.913. The van der Waals surface area contributed by atoms with Gasteiger partial charge in [0.1, 0.15) is 0 Å². The summed E-state index contributed by atoms with van der Waals surface area (Å²) >= 11 is 3.24. The van der Waals surface area contributed by atoms with Gasteiger partial charge in [-0.15, -0.1) is 0 Å². The van der Waals surface area contributed by atoms with Crippen molar-refractivity contribution < 1.29 is 0 Å². The Kier molecular flexibility index (Phi) is 5.12. The third kappa shape index (κ3) is 4.96. The molecule has 0 rings (SSSR count). The normalized spacial score (nSPS) is 11.4. The molecule has 0 aromatic rings. The lowest BCUT2D eigenvalue weighted by Gasteiger charge is -2.01. The maximum Gasteiger partial charge on any atom is 0.0805 e. The lowest BCUT2D eigenvalue weighted by Crippen LogP contribution is -1.85. The zero-order chi connectivity index (χ0) is 8.85. The molecular weight excluding hydrogens is 202 g/mol. The van der Waals surface area contributed by atoms with Gasteiger partial charge >= 0.3 is 0 Å². The highest BCUT2D eigenvalue weighted by molar-refractivity contribution is 9.18. The first-order valence-corrected chi connectivity index (χ1v) is 4.45. The van der Waals surface area contributed by atoms with E-state index in [1.165, 1.54) is 0 Å². The SMILES string of the molecule is C=C(CCC)C(=C)N=C(C)Br. The number of nitrogens with zero attached hydrogens (tertiary/aromatic N) is 1. The van der Waals surface area contributed by atoms with Gasteiger partial charge < -0.3 is 0 Å². The summed E-state index contributed by atoms with van der Waals surface area (Å²) in [7, 11) is 0. The molecule has 0 bridgehead atoms. The zero-order valence-corrected chi connectivity index (χ0v) is 8.74. The van der Waals surface area contributed by atoms with Gasteiger partial charge in [0.05, 0.1) is 10.3 Å². The van der Waals surface area contributed by atoms with Gasteiger partial charge in [-0.2, -0.15) is 0 Å². The molecule has 62 valence electrons. The van der Waals surface area contributed by atoms with E-state index in [2.05, 4.69) is 41.0 Å². The third-order valence-electron chi connectivity index (χ3n) is 1.25. The molecule has 0 heterocycles. The molecule has 0 aliphatic rings. The van der Waals surface area contributed by atoms with Gasteiger partial charge in [0, 0.05) is 0 Å². The Labute approximate surface area is 77.0 Å². The zero-order valence-electron chi connectivity index (χ0n) is 7.15. The fourth-order valence-electron chi connectivity index (χ4n) is 0.711. The van der Waals surface area contributed by atoms with Crippen LogP contribution in [0.1, 0.15) is 26.7 Å². The number of aliphatic imine (C=N–C) groups is 1. The summed E-state index contributed by atoms with van der Waals surface area (Å²) in [5, 5.41) is 0. The fourth-order valence-corrected chi connectivity index (χ4v) is 0.925. The number of hydrogen-bond acceptors (Lipinski definition) is 1. The number of rotatable bonds is 4. The smallest absolute Gasteiger partial charge is 0.0805 e. The van der Waals surface area contributed by atoms with Crippen LogP contribution in [0.5, 0.6) is 0 Å². The van der Waals surface area contributed by atoms with Gasteiger partial charge in [-0.25, -0.2) is 4.99 Å². The van der Waals surface area contributed by atoms with Crippen LogP contribution in [0.2, 0.25) is 0 Å². The minimum absolute atomic E-state index is 0.779. The van der Waals surface area contributed by atoms with Crippen LogP contribution in [0.4, 0.5) is 0 Å². The van der Waals surface area contributed by atoms with Crippen molar-refractivity contribution in [2.24, 2.45) is 4.99 Å². The topological polar surface area (TPSA) is 12.4 Å². The van der Waals surface area contributed by atoms with Crippen molar-refractivity contribution in [3.63, 3.8) is 0 Å². The standard InChI is InChI=1S/C9H14BrN/c1-5-6-7(2)8(3)11-9(4)10/h2-3,5-6H2,1,4H3. The van der Waals surface area contributed by atoms with Crippen molar-refractivity contribution in [1.29, 1.82) is 0 Å². The Morgan fingerprint density at radius 1 is 1.45 bits per heavy atom. The maximum atomic E-state index is 4.14. The first-order valence-electron chi connectivity index (χ1n) is 3.65. The van der Waals surface area contributed by atoms with E-state index >= 15 is 0 Å². The molecule has 0 N–H and O–H groups in total. The van der Waals surface area contributed by atoms with E-state index in [1.54, 1.807) is 0 Å². The average molecular weight is 216 g/mol. The van der Waals surface area contributed by atoms with Crippen LogP contribution in [0, 0.1) is 0 Å². The molecule has 0 aliphatic carbocycles. The summed E-state index contributed by atoms with van der Waals surface area (Å²) in [5.74, 6) is 0. The largest absolute Gasteiger partial charge is 0.247 e. The molecule has 0 fully saturated rings. The van der Waals surface area contributed by atoms with E-state index in [0.29, 0.717) is 0 Å². The molecule has 0 atom stereocenters. The minimum atomic E-state index is 0.779. The van der Waals surface area contributed by atoms with Gasteiger partial charge in [-0.1, -0.05) is 26.5 Å². The van der Waals surface area contributed by atoms with Gasteiger partial charge in [-0.05, 0) is 34.8 Å². The van der Waals surface area contributed by atoms with Crippen LogP contribution < -0.4 is 0 Å². The monoisotopic (exact) mass is 215 g/mol. The van der Waals surface area contributed by atoms with E-state index in [9.17, 15) is 0 Å². The Morgan fingerprint density at radius 3 is 2.36 bits per heavy atom. The summed E-state index contributed by atoms with van der Waals surface area (Å²) in [6, 6.07) is 0. The molecule has 0 spiro atoms. The van der Waals surface area contributed by atoms with Crippen molar-refractivity contribution >= 4 is 20.6 Å². The summed E-state index contributed by atoms with van der Waals surface area (Å²) in [5.41, 5.74) is 1.80. The summed E-state index contributed by atoms with van der Waals surface area (Å²) in [6.45, 7) is 11.7. The molecule has 0 aliphatic heterocycles. The number of halogens is 1. The van der Waals surface area contributed by atoms with E-state index in [-0.39, 0.29) is 0 Å². The van der Waals surface area contributed by atoms with Crippen molar-refractivity contribution in [3.8, 4) is 0 Å². The van der Waals surface area contributed by atoms with Crippen LogP contribution in [0.15, 0.2) is 29.4 Å². The predicted octanol–water partition coefficient (Wildman–Crippen LogP) is 3.67. The van der Waals surface area contributed by atoms with Crippen LogP contribution in [0.3, 0.4) is 0 Å². The minimum Gasteiger partial charge on any atom is -0.247 e. The Bertz CT molecular complexity index is 188. The average Bonchev–Trinajstić information content (AvgIpc) is 1.86. The Morgan fingerprint density at radius 2 is 2.00 bits per heavy atom. The van der Waals surface area contributed by atoms with Crippen LogP contribution >= 0.6 is 15.9 Å². The highest BCUT2D eigenvalue weighted by Crippen LogP contribution is 2.13. The van der Waals surface area contributed by atoms with E-state index in [0.717, 1.165) is 28.7 Å². The molecule has 0 saturated carbocycles. The first-order chi connectivity index (χ1) is 5.07. The second-order valence-electron chi connectivity index (χ2n) is 2.41. The van der Waals surface area contributed by atoms with Crippen LogP contribution in [-0.4, -0.2) is 4.62 Å². The Hall–Kier alpha value is -0.370. The highest BCUT2D eigenvalue weighted by Gasteiger charge is 1.96. The van der Waals surface area contributed by atoms with Crippen molar-refractivity contribution in [2.75, 3.05) is 0 Å². The molecule has 0 aromatic carbocycles. The van der Waals surface area contributed by atoms with Gasteiger partial charge in [0.25, 0.3) is 0 Å². The molecule has 2 heteroatoms. The maximum absolute atomic E-state index is 4.14. The summed E-state index contributed by atoms with van der Waals surface area (Å²) in [6.07, 6.45) is 2.07. The van der Waals surface area contributed by atoms with Gasteiger partial charge in [0.15, 0.2) is 0 Å². The quantitative estimate of drug-likeness (QED) is 0.502. The molecule has 1 nitrogen and oxygen atoms in total. The number of allylic oxidation sites excluding steroid dienone is 1. The second-order valence-corrected chi connectivity index (χ2v) is 3.56. The van der Waals surface area contributed by atoms with Gasteiger partial charge in [0.2, 0.25) is 0 Å². The Balaban J connectivity index is 4.05. The van der Waals surface area contributed by atoms with Gasteiger partial charge in [-0.3, -0.25) is 0 Å². The third-order valence-corrected chi connectivity index (χ3v) is 1.43. The molecular formula is C9H14BrN. The lowest BCUT2D eigenvalue weighted by atomic mass is 10.1. The predicted molar refractivity (Wildman–Crippen MR) is 55.2 cm³/mol. The van der Waals surface area contributed by atoms with Crippen molar-refractivity contribution in [2.45, 2.75) is 26.7 Å². The summed E-state index contributed by atoms with van der Waals surface area (Å²) < 4.78 is 0.847. The van der Waals surface area contributed by atoms with Crippen molar-refractivity contribution in [3.05, 3.63) is 24.4 Å². The van der Waals surface area contributed by atoms with E-state index < -0.39 is 0 Å². The number of hydrogen-bond donors (Lipinski definition) is 0. The first kappa shape index (κ1) is 10.6. The van der Waals surface area contributed by atoms with E-state index in [1.807, 2.05) is 6.92 Å². The molecule has 0 amide bonds. The van der Waals surface area contributed by atoms with Crippen LogP contribution in [-0.2, 0) is 0 Å². The van der Waals surface area contributed by atoms with E-state index in [4.69, 9.17) is 0 Å². The highest BCUT2D eigenvalue weighted by atomic mass is 79.9. The molecule has 11 heavy (non-hydrogen) atoms. The molecule has 0 aromatic heterocycles. The molecule has 0 saturated heterocycles. The molecule has 0 unspecified atom stereocenters. The van der Waals surface area contributed by atoms with Crippen LogP contribution in [0.25, 0.3) is 0 Å². The molecule has 0 radical (unpaired) electrons. The summed E-state index contributed by atoms with van der Waals surface area (Å²) in [4.78, 5) is 4.14. The fraction of sp³-hybridized carbons (Fsp3) is 0.444. The van der Waals surface area contributed by atoms with Crippen molar-refractivity contribution in [1.82, 2.24) is 0 Å². The second kappa shape index (κ2) is 5.30.